The van der Waals surface area contributed by atoms with Gasteiger partial charge in [-0.15, -0.1) is 0 Å². The summed E-state index contributed by atoms with van der Waals surface area (Å²) in [6.07, 6.45) is 5.65. The summed E-state index contributed by atoms with van der Waals surface area (Å²) in [5.41, 5.74) is 1.94. The molecule has 6 heteroatoms. The average Bonchev–Trinajstić information content (AvgIpc) is 3.29. The molecular weight excluding hydrogens is 394 g/mol. The molecule has 2 aromatic rings. The first-order valence-corrected chi connectivity index (χ1v) is 10.4. The zero-order valence-electron chi connectivity index (χ0n) is 17.6. The van der Waals surface area contributed by atoms with E-state index in [0.717, 1.165) is 24.0 Å². The largest absolute Gasteiger partial charge is 0.462 e. The molecular formula is C25H27NO5. The Hall–Kier alpha value is -3.41. The highest BCUT2D eigenvalue weighted by atomic mass is 16.5. The molecule has 0 saturated carbocycles. The second kappa shape index (κ2) is 11.1. The Morgan fingerprint density at radius 3 is 2.32 bits per heavy atom. The number of amides is 1. The molecule has 2 aromatic carbocycles. The van der Waals surface area contributed by atoms with Crippen molar-refractivity contribution in [2.24, 2.45) is 5.92 Å². The third kappa shape index (κ3) is 6.28. The maximum Gasteiger partial charge on any atom is 0.396 e. The number of likely N-dealkylation sites (tertiary alicyclic amines) is 1. The van der Waals surface area contributed by atoms with Gasteiger partial charge in [-0.3, -0.25) is 9.59 Å². The maximum absolute atomic E-state index is 12.9. The van der Waals surface area contributed by atoms with E-state index in [4.69, 9.17) is 4.74 Å². The van der Waals surface area contributed by atoms with Gasteiger partial charge in [0.2, 0.25) is 0 Å². The predicted molar refractivity (Wildman–Crippen MR) is 116 cm³/mol. The van der Waals surface area contributed by atoms with E-state index in [1.807, 2.05) is 66.7 Å². The Balaban J connectivity index is 1.71. The van der Waals surface area contributed by atoms with Crippen molar-refractivity contribution in [3.63, 3.8) is 0 Å². The van der Waals surface area contributed by atoms with Crippen molar-refractivity contribution < 1.29 is 23.9 Å². The van der Waals surface area contributed by atoms with Crippen molar-refractivity contribution >= 4 is 17.8 Å². The second-order valence-electron chi connectivity index (χ2n) is 7.47. The molecule has 0 bridgehead atoms. The summed E-state index contributed by atoms with van der Waals surface area (Å²) in [7, 11) is 1.19. The number of carbonyl (C=O) groups excluding carboxylic acids is 3. The lowest BCUT2D eigenvalue weighted by Crippen LogP contribution is -2.39. The van der Waals surface area contributed by atoms with Gasteiger partial charge in [0.15, 0.2) is 0 Å². The van der Waals surface area contributed by atoms with E-state index in [-0.39, 0.29) is 18.6 Å². The van der Waals surface area contributed by atoms with E-state index in [2.05, 4.69) is 4.74 Å². The van der Waals surface area contributed by atoms with Gasteiger partial charge in [-0.25, -0.2) is 4.79 Å². The Morgan fingerprint density at radius 2 is 1.68 bits per heavy atom. The summed E-state index contributed by atoms with van der Waals surface area (Å²) in [6, 6.07) is 19.0. The standard InChI is InChI=1S/C25H27NO5/c1-30-25(29)23(27)26-16-8-13-22(26)15-14-21(17-19-9-4-2-5-10-19)24(28)31-18-20-11-6-3-7-12-20/h2-7,9-12,14-15,21-22H,8,13,16-18H2,1H3/b15-14-/t21-,22+/m1/s1. The van der Waals surface area contributed by atoms with Crippen LogP contribution in [0.3, 0.4) is 0 Å². The van der Waals surface area contributed by atoms with Gasteiger partial charge in [0.05, 0.1) is 19.1 Å². The molecule has 0 unspecified atom stereocenters. The van der Waals surface area contributed by atoms with Crippen LogP contribution in [0.1, 0.15) is 24.0 Å². The summed E-state index contributed by atoms with van der Waals surface area (Å²) in [6.45, 7) is 0.694. The fraction of sp³-hybridized carbons (Fsp3) is 0.320. The molecule has 6 nitrogen and oxygen atoms in total. The van der Waals surface area contributed by atoms with E-state index in [0.29, 0.717) is 13.0 Å². The van der Waals surface area contributed by atoms with E-state index in [9.17, 15) is 14.4 Å². The Morgan fingerprint density at radius 1 is 1.03 bits per heavy atom. The minimum atomic E-state index is -0.872. The highest BCUT2D eigenvalue weighted by Gasteiger charge is 2.32. The predicted octanol–water partition coefficient (Wildman–Crippen LogP) is 3.31. The quantitative estimate of drug-likeness (QED) is 0.390. The van der Waals surface area contributed by atoms with Crippen LogP contribution in [0.4, 0.5) is 0 Å². The molecule has 0 aromatic heterocycles. The van der Waals surface area contributed by atoms with Crippen molar-refractivity contribution in [2.45, 2.75) is 31.9 Å². The molecule has 0 radical (unpaired) electrons. The molecule has 0 N–H and O–H groups in total. The topological polar surface area (TPSA) is 72.9 Å². The normalized spacial score (nSPS) is 16.8. The van der Waals surface area contributed by atoms with Crippen molar-refractivity contribution in [3.8, 4) is 0 Å². The lowest BCUT2D eigenvalue weighted by Gasteiger charge is -2.21. The van der Waals surface area contributed by atoms with Gasteiger partial charge in [-0.05, 0) is 30.4 Å². The molecule has 162 valence electrons. The first-order valence-electron chi connectivity index (χ1n) is 10.4. The number of hydrogen-bond acceptors (Lipinski definition) is 5. The number of esters is 2. The summed E-state index contributed by atoms with van der Waals surface area (Å²) in [5, 5.41) is 0. The third-order valence-corrected chi connectivity index (χ3v) is 5.31. The third-order valence-electron chi connectivity index (χ3n) is 5.31. The number of carbonyl (C=O) groups is 3. The number of methoxy groups -OCH3 is 1. The van der Waals surface area contributed by atoms with Gasteiger partial charge in [0.1, 0.15) is 6.61 Å². The van der Waals surface area contributed by atoms with Crippen LogP contribution in [0, 0.1) is 5.92 Å². The molecule has 1 aliphatic heterocycles. The number of nitrogens with zero attached hydrogens (tertiary/aromatic N) is 1. The fourth-order valence-electron chi connectivity index (χ4n) is 3.65. The van der Waals surface area contributed by atoms with Crippen LogP contribution in [-0.2, 0) is 36.9 Å². The van der Waals surface area contributed by atoms with Crippen molar-refractivity contribution in [1.29, 1.82) is 0 Å². The molecule has 31 heavy (non-hydrogen) atoms. The fourth-order valence-corrected chi connectivity index (χ4v) is 3.65. The molecule has 1 saturated heterocycles. The summed E-state index contributed by atoms with van der Waals surface area (Å²) in [4.78, 5) is 38.2. The highest BCUT2D eigenvalue weighted by Crippen LogP contribution is 2.21. The molecule has 1 amide bonds. The Bertz CT molecular complexity index is 910. The van der Waals surface area contributed by atoms with E-state index >= 15 is 0 Å². The SMILES string of the molecule is COC(=O)C(=O)N1CCC[C@H]1/C=C\[C@H](Cc1ccccc1)C(=O)OCc1ccccc1. The van der Waals surface area contributed by atoms with Crippen LogP contribution in [0.25, 0.3) is 0 Å². The van der Waals surface area contributed by atoms with Crippen LogP contribution in [0.5, 0.6) is 0 Å². The van der Waals surface area contributed by atoms with Crippen LogP contribution in [0.15, 0.2) is 72.8 Å². The zero-order chi connectivity index (χ0) is 22.1. The van der Waals surface area contributed by atoms with Gasteiger partial charge >= 0.3 is 17.8 Å². The lowest BCUT2D eigenvalue weighted by molar-refractivity contribution is -0.158. The van der Waals surface area contributed by atoms with Gasteiger partial charge in [0.25, 0.3) is 0 Å². The highest BCUT2D eigenvalue weighted by molar-refractivity contribution is 6.32. The minimum Gasteiger partial charge on any atom is -0.462 e. The average molecular weight is 421 g/mol. The summed E-state index contributed by atoms with van der Waals surface area (Å²) in [5.74, 6) is -2.35. The smallest absolute Gasteiger partial charge is 0.396 e. The molecule has 0 spiro atoms. The molecule has 1 heterocycles. The van der Waals surface area contributed by atoms with Gasteiger partial charge in [-0.1, -0.05) is 72.8 Å². The Kier molecular flexibility index (Phi) is 7.98. The Labute approximate surface area is 182 Å². The monoisotopic (exact) mass is 421 g/mol. The molecule has 2 atom stereocenters. The van der Waals surface area contributed by atoms with Crippen LogP contribution in [-0.4, -0.2) is 42.4 Å². The van der Waals surface area contributed by atoms with E-state index < -0.39 is 17.8 Å². The summed E-state index contributed by atoms with van der Waals surface area (Å²) < 4.78 is 10.1. The minimum absolute atomic E-state index is 0.204. The van der Waals surface area contributed by atoms with Gasteiger partial charge < -0.3 is 14.4 Å². The van der Waals surface area contributed by atoms with Crippen molar-refractivity contribution in [2.75, 3.05) is 13.7 Å². The first-order chi connectivity index (χ1) is 15.1. The number of rotatable bonds is 7. The zero-order valence-corrected chi connectivity index (χ0v) is 17.6. The van der Waals surface area contributed by atoms with Crippen LogP contribution >= 0.6 is 0 Å². The van der Waals surface area contributed by atoms with Crippen molar-refractivity contribution in [3.05, 3.63) is 83.9 Å². The number of benzene rings is 2. The van der Waals surface area contributed by atoms with E-state index in [1.165, 1.54) is 12.0 Å². The van der Waals surface area contributed by atoms with Crippen LogP contribution < -0.4 is 0 Å². The first kappa shape index (κ1) is 22.3. The second-order valence-corrected chi connectivity index (χ2v) is 7.47. The van der Waals surface area contributed by atoms with Gasteiger partial charge in [-0.2, -0.15) is 0 Å². The summed E-state index contributed by atoms with van der Waals surface area (Å²) >= 11 is 0. The number of hydrogen-bond donors (Lipinski definition) is 0. The molecule has 1 fully saturated rings. The number of ether oxygens (including phenoxy) is 2. The molecule has 0 aliphatic carbocycles. The molecule has 1 aliphatic rings. The lowest BCUT2D eigenvalue weighted by atomic mass is 9.98. The van der Waals surface area contributed by atoms with Crippen LogP contribution in [0.2, 0.25) is 0 Å². The van der Waals surface area contributed by atoms with E-state index in [1.54, 1.807) is 6.08 Å². The maximum atomic E-state index is 12.9. The van der Waals surface area contributed by atoms with Crippen molar-refractivity contribution in [1.82, 2.24) is 4.90 Å². The van der Waals surface area contributed by atoms with Gasteiger partial charge in [0, 0.05) is 6.54 Å². The molecule has 3 rings (SSSR count).